The average Bonchev–Trinajstić information content (AvgIpc) is 1.88. The van der Waals surface area contributed by atoms with E-state index >= 15 is 0 Å². The van der Waals surface area contributed by atoms with E-state index in [0.29, 0.717) is 0 Å². The van der Waals surface area contributed by atoms with Crippen LogP contribution in [-0.4, -0.2) is 5.97 Å². The van der Waals surface area contributed by atoms with Gasteiger partial charge >= 0.3 is 0 Å². The topological polar surface area (TPSA) is 63.2 Å². The number of carboxylic acid groups (broad SMARTS) is 1. The van der Waals surface area contributed by atoms with Crippen molar-refractivity contribution in [3.05, 3.63) is 29.8 Å². The van der Waals surface area contributed by atoms with E-state index in [4.69, 9.17) is 0 Å². The first-order valence-electron chi connectivity index (χ1n) is 2.69. The highest BCUT2D eigenvalue weighted by Gasteiger charge is 1.90. The number of benzene rings is 1. The van der Waals surface area contributed by atoms with Crippen LogP contribution in [0.25, 0.3) is 0 Å². The third-order valence-electron chi connectivity index (χ3n) is 1.11. The summed E-state index contributed by atoms with van der Waals surface area (Å²) in [6.45, 7) is 0. The Kier molecular flexibility index (Phi) is 1.58. The second-order valence-electron chi connectivity index (χ2n) is 1.78. The summed E-state index contributed by atoms with van der Waals surface area (Å²) in [4.78, 5) is 10.1. The van der Waals surface area contributed by atoms with E-state index < -0.39 is 11.7 Å². The Labute approximate surface area is 57.5 Å². The van der Waals surface area contributed by atoms with E-state index in [1.165, 1.54) is 24.3 Å². The summed E-state index contributed by atoms with van der Waals surface area (Å²) >= 11 is 0. The van der Waals surface area contributed by atoms with Crippen molar-refractivity contribution in [2.75, 3.05) is 0 Å². The van der Waals surface area contributed by atoms with Gasteiger partial charge in [0.1, 0.15) is 0 Å². The molecule has 1 rings (SSSR count). The van der Waals surface area contributed by atoms with Gasteiger partial charge in [-0.05, 0) is 5.56 Å². The third kappa shape index (κ3) is 1.07. The quantitative estimate of drug-likeness (QED) is 0.503. The summed E-state index contributed by atoms with van der Waals surface area (Å²) in [5.74, 6) is -1.94. The summed E-state index contributed by atoms with van der Waals surface area (Å²) in [5, 5.41) is 20.8. The number of hydrogen-bond acceptors (Lipinski definition) is 3. The van der Waals surface area contributed by atoms with Gasteiger partial charge in [-0.25, -0.2) is 0 Å². The Balaban J connectivity index is 3.15. The van der Waals surface area contributed by atoms with Crippen LogP contribution >= 0.6 is 0 Å². The van der Waals surface area contributed by atoms with Crippen molar-refractivity contribution in [2.24, 2.45) is 0 Å². The molecule has 10 heavy (non-hydrogen) atoms. The van der Waals surface area contributed by atoms with Gasteiger partial charge in [-0.15, -0.1) is 0 Å². The molecule has 0 saturated heterocycles. The molecule has 0 aliphatic rings. The predicted molar refractivity (Wildman–Crippen MR) is 30.2 cm³/mol. The van der Waals surface area contributed by atoms with E-state index in [2.05, 4.69) is 0 Å². The van der Waals surface area contributed by atoms with Crippen molar-refractivity contribution in [1.29, 1.82) is 0 Å². The predicted octanol–water partition coefficient (Wildman–Crippen LogP) is -0.876. The largest absolute Gasteiger partial charge is 0.872 e. The van der Waals surface area contributed by atoms with Crippen LogP contribution in [-0.2, 0) is 0 Å². The molecule has 0 radical (unpaired) electrons. The molecule has 0 amide bonds. The molecule has 0 atom stereocenters. The van der Waals surface area contributed by atoms with Crippen LogP contribution in [0.2, 0.25) is 0 Å². The van der Waals surface area contributed by atoms with Crippen molar-refractivity contribution in [3.63, 3.8) is 0 Å². The lowest BCUT2D eigenvalue weighted by Gasteiger charge is -2.12. The maximum Gasteiger partial charge on any atom is 0.0709 e. The van der Waals surface area contributed by atoms with Gasteiger partial charge < -0.3 is 15.0 Å². The first-order valence-corrected chi connectivity index (χ1v) is 2.69. The number of carboxylic acids is 1. The minimum absolute atomic E-state index is 0.289. The highest BCUT2D eigenvalue weighted by molar-refractivity contribution is 5.88. The zero-order chi connectivity index (χ0) is 7.56. The lowest BCUT2D eigenvalue weighted by atomic mass is 10.2. The number of hydrogen-bond donors (Lipinski definition) is 0. The zero-order valence-electron chi connectivity index (χ0n) is 5.03. The molecule has 0 saturated carbocycles. The van der Waals surface area contributed by atoms with Crippen molar-refractivity contribution in [2.45, 2.75) is 0 Å². The molecule has 0 aliphatic heterocycles. The average molecular weight is 136 g/mol. The number of rotatable bonds is 1. The van der Waals surface area contributed by atoms with Gasteiger partial charge in [0.2, 0.25) is 0 Å². The molecular formula is C7H4O3-2. The summed E-state index contributed by atoms with van der Waals surface area (Å²) in [7, 11) is 0. The Morgan fingerprint density at radius 2 is 1.90 bits per heavy atom. The van der Waals surface area contributed by atoms with Crippen LogP contribution in [0.15, 0.2) is 24.3 Å². The molecule has 0 aliphatic carbocycles. The highest BCUT2D eigenvalue weighted by atomic mass is 16.4. The van der Waals surface area contributed by atoms with Crippen molar-refractivity contribution >= 4 is 5.97 Å². The van der Waals surface area contributed by atoms with Crippen LogP contribution in [0.4, 0.5) is 0 Å². The summed E-state index contributed by atoms with van der Waals surface area (Å²) in [6, 6.07) is 5.37. The molecule has 0 unspecified atom stereocenters. The van der Waals surface area contributed by atoms with Gasteiger partial charge in [0, 0.05) is 0 Å². The molecule has 1 aromatic rings. The van der Waals surface area contributed by atoms with E-state index in [1.54, 1.807) is 0 Å². The molecule has 0 fully saturated rings. The molecule has 0 spiro atoms. The molecule has 0 bridgehead atoms. The Bertz CT molecular complexity index is 255. The second kappa shape index (κ2) is 2.39. The highest BCUT2D eigenvalue weighted by Crippen LogP contribution is 2.09. The fourth-order valence-electron chi connectivity index (χ4n) is 0.635. The fraction of sp³-hybridized carbons (Fsp3) is 0. The van der Waals surface area contributed by atoms with E-state index in [9.17, 15) is 15.0 Å². The van der Waals surface area contributed by atoms with Gasteiger partial charge in [-0.1, -0.05) is 30.0 Å². The fourth-order valence-corrected chi connectivity index (χ4v) is 0.635. The zero-order valence-corrected chi connectivity index (χ0v) is 5.03. The number of para-hydroxylation sites is 1. The van der Waals surface area contributed by atoms with Crippen molar-refractivity contribution < 1.29 is 15.0 Å². The van der Waals surface area contributed by atoms with Crippen LogP contribution in [0.5, 0.6) is 5.75 Å². The normalized spacial score (nSPS) is 9.20. The molecule has 0 heterocycles. The van der Waals surface area contributed by atoms with E-state index in [0.717, 1.165) is 0 Å². The first-order chi connectivity index (χ1) is 4.72. The Morgan fingerprint density at radius 1 is 1.30 bits per heavy atom. The maximum absolute atomic E-state index is 10.6. The van der Waals surface area contributed by atoms with Crippen LogP contribution in [0, 0.1) is 0 Å². The summed E-state index contributed by atoms with van der Waals surface area (Å²) in [6.07, 6.45) is 0. The van der Waals surface area contributed by atoms with Crippen LogP contribution < -0.4 is 10.2 Å². The van der Waals surface area contributed by atoms with E-state index in [-0.39, 0.29) is 5.56 Å². The van der Waals surface area contributed by atoms with Gasteiger partial charge in [0.05, 0.1) is 5.97 Å². The minimum atomic E-state index is -1.43. The van der Waals surface area contributed by atoms with Gasteiger partial charge in [-0.3, -0.25) is 0 Å². The first kappa shape index (κ1) is 6.61. The van der Waals surface area contributed by atoms with Gasteiger partial charge in [0.25, 0.3) is 0 Å². The van der Waals surface area contributed by atoms with Crippen molar-refractivity contribution in [3.8, 4) is 5.75 Å². The number of carbonyl (C=O) groups is 1. The standard InChI is InChI=1S/C7H6O3/c8-6-4-2-1-3-5(6)7(9)10/h1-4,8H,(H,9,10)/p-2. The lowest BCUT2D eigenvalue weighted by molar-refractivity contribution is -0.276. The number of aromatic carboxylic acids is 1. The molecule has 3 heteroatoms. The summed E-state index contributed by atoms with van der Waals surface area (Å²) in [5.41, 5.74) is -0.289. The monoisotopic (exact) mass is 136 g/mol. The van der Waals surface area contributed by atoms with E-state index in [1.807, 2.05) is 0 Å². The molecule has 3 nitrogen and oxygen atoms in total. The van der Waals surface area contributed by atoms with Gasteiger partial charge in [-0.2, -0.15) is 0 Å². The number of carbonyl (C=O) groups excluding carboxylic acids is 1. The third-order valence-corrected chi connectivity index (χ3v) is 1.11. The smallest absolute Gasteiger partial charge is 0.0709 e. The Morgan fingerprint density at radius 3 is 2.30 bits per heavy atom. The van der Waals surface area contributed by atoms with Crippen LogP contribution in [0.3, 0.4) is 0 Å². The summed E-state index contributed by atoms with van der Waals surface area (Å²) < 4.78 is 0. The van der Waals surface area contributed by atoms with Gasteiger partial charge in [0.15, 0.2) is 0 Å². The second-order valence-corrected chi connectivity index (χ2v) is 1.78. The maximum atomic E-state index is 10.6. The van der Waals surface area contributed by atoms with Crippen molar-refractivity contribution in [1.82, 2.24) is 0 Å². The minimum Gasteiger partial charge on any atom is -0.872 e. The molecule has 52 valence electrons. The molecular weight excluding hydrogens is 132 g/mol. The van der Waals surface area contributed by atoms with Crippen LogP contribution in [0.1, 0.15) is 10.4 Å². The SMILES string of the molecule is O=C([O-])c1ccccc1[O-]. The lowest BCUT2D eigenvalue weighted by Crippen LogP contribution is -2.23. The molecule has 0 N–H and O–H groups in total. The molecule has 0 aromatic heterocycles. The molecule has 1 aromatic carbocycles. The Hall–Kier alpha value is -1.51.